The monoisotopic (exact) mass is 230 g/mol. The molecule has 92 valence electrons. The third kappa shape index (κ3) is 3.10. The number of rotatable bonds is 3. The van der Waals surface area contributed by atoms with Gasteiger partial charge in [0.15, 0.2) is 0 Å². The van der Waals surface area contributed by atoms with E-state index in [1.54, 1.807) is 0 Å². The van der Waals surface area contributed by atoms with E-state index in [9.17, 15) is 0 Å². The van der Waals surface area contributed by atoms with E-state index in [1.165, 1.54) is 16.8 Å². The van der Waals surface area contributed by atoms with Crippen molar-refractivity contribution < 1.29 is 0 Å². The van der Waals surface area contributed by atoms with E-state index in [1.807, 2.05) is 0 Å². The molecule has 2 atom stereocenters. The third-order valence-corrected chi connectivity index (χ3v) is 3.36. The van der Waals surface area contributed by atoms with Crippen LogP contribution in [0.3, 0.4) is 0 Å². The minimum absolute atomic E-state index is 0.257. The number of nitrogens with two attached hydrogens (primary N) is 1. The van der Waals surface area contributed by atoms with Crippen LogP contribution in [0.1, 0.15) is 17.5 Å². The average Bonchev–Trinajstić information content (AvgIpc) is 2.62. The van der Waals surface area contributed by atoms with Crippen LogP contribution in [0, 0.1) is 19.8 Å². The summed E-state index contributed by atoms with van der Waals surface area (Å²) in [6.07, 6.45) is 5.46. The molecular weight excluding hydrogens is 208 g/mol. The Hall–Kier alpha value is -1.28. The molecule has 1 aromatic rings. The van der Waals surface area contributed by atoms with E-state index >= 15 is 0 Å². The molecule has 2 heteroatoms. The number of anilines is 1. The van der Waals surface area contributed by atoms with E-state index in [4.69, 9.17) is 5.73 Å². The van der Waals surface area contributed by atoms with Crippen molar-refractivity contribution in [1.29, 1.82) is 0 Å². The van der Waals surface area contributed by atoms with Crippen LogP contribution in [-0.2, 0) is 0 Å². The normalized spacial score (nSPS) is 23.1. The second kappa shape index (κ2) is 4.92. The highest BCUT2D eigenvalue weighted by Crippen LogP contribution is 2.22. The highest BCUT2D eigenvalue weighted by Gasteiger charge is 2.17. The molecule has 0 bridgehead atoms. The minimum Gasteiger partial charge on any atom is -0.374 e. The van der Waals surface area contributed by atoms with Gasteiger partial charge in [-0.3, -0.25) is 0 Å². The molecule has 0 radical (unpaired) electrons. The Labute approximate surface area is 104 Å². The number of aryl methyl sites for hydroxylation is 2. The molecule has 17 heavy (non-hydrogen) atoms. The molecule has 2 nitrogen and oxygen atoms in total. The SMILES string of the molecule is Cc1cc(C)cc(N(C)CC2C=CC(N)C2)c1. The molecule has 2 N–H and O–H groups in total. The molecule has 0 saturated heterocycles. The Balaban J connectivity index is 2.04. The smallest absolute Gasteiger partial charge is 0.0369 e. The molecular formula is C15H22N2. The third-order valence-electron chi connectivity index (χ3n) is 3.36. The fourth-order valence-electron chi connectivity index (χ4n) is 2.57. The fourth-order valence-corrected chi connectivity index (χ4v) is 2.57. The van der Waals surface area contributed by atoms with Gasteiger partial charge in [0, 0.05) is 25.3 Å². The van der Waals surface area contributed by atoms with Crippen LogP contribution in [0.4, 0.5) is 5.69 Å². The summed E-state index contributed by atoms with van der Waals surface area (Å²) in [6.45, 7) is 5.35. The summed E-state index contributed by atoms with van der Waals surface area (Å²) in [5, 5.41) is 0. The van der Waals surface area contributed by atoms with E-state index in [2.05, 4.69) is 56.1 Å². The first kappa shape index (κ1) is 12.2. The maximum absolute atomic E-state index is 5.88. The standard InChI is InChI=1S/C15H22N2/c1-11-6-12(2)8-15(7-11)17(3)10-13-4-5-14(16)9-13/h4-8,13-14H,9-10,16H2,1-3H3. The van der Waals surface area contributed by atoms with Gasteiger partial charge in [0.05, 0.1) is 0 Å². The zero-order valence-electron chi connectivity index (χ0n) is 11.0. The van der Waals surface area contributed by atoms with Crippen molar-refractivity contribution >= 4 is 5.69 Å². The van der Waals surface area contributed by atoms with Crippen LogP contribution in [-0.4, -0.2) is 19.6 Å². The van der Waals surface area contributed by atoms with Crippen LogP contribution in [0.25, 0.3) is 0 Å². The largest absolute Gasteiger partial charge is 0.374 e. The van der Waals surface area contributed by atoms with E-state index in [0.29, 0.717) is 5.92 Å². The van der Waals surface area contributed by atoms with Crippen molar-refractivity contribution in [3.05, 3.63) is 41.5 Å². The summed E-state index contributed by atoms with van der Waals surface area (Å²) in [6, 6.07) is 6.95. The van der Waals surface area contributed by atoms with Crippen molar-refractivity contribution in [1.82, 2.24) is 0 Å². The molecule has 0 amide bonds. The highest BCUT2D eigenvalue weighted by atomic mass is 15.1. The Bertz CT molecular complexity index is 403. The average molecular weight is 230 g/mol. The van der Waals surface area contributed by atoms with Gasteiger partial charge >= 0.3 is 0 Å². The van der Waals surface area contributed by atoms with Gasteiger partial charge in [-0.05, 0) is 49.4 Å². The van der Waals surface area contributed by atoms with Crippen molar-refractivity contribution in [2.24, 2.45) is 11.7 Å². The molecule has 0 aliphatic heterocycles. The van der Waals surface area contributed by atoms with E-state index < -0.39 is 0 Å². The quantitative estimate of drug-likeness (QED) is 0.809. The van der Waals surface area contributed by atoms with Gasteiger partial charge in [0.1, 0.15) is 0 Å². The Kier molecular flexibility index (Phi) is 3.53. The summed E-state index contributed by atoms with van der Waals surface area (Å²) < 4.78 is 0. The van der Waals surface area contributed by atoms with Gasteiger partial charge in [0.25, 0.3) is 0 Å². The van der Waals surface area contributed by atoms with Crippen molar-refractivity contribution in [3.63, 3.8) is 0 Å². The lowest BCUT2D eigenvalue weighted by molar-refractivity contribution is 0.586. The van der Waals surface area contributed by atoms with Crippen LogP contribution in [0.5, 0.6) is 0 Å². The Morgan fingerprint density at radius 1 is 1.18 bits per heavy atom. The first-order chi connectivity index (χ1) is 8.04. The van der Waals surface area contributed by atoms with Gasteiger partial charge in [-0.25, -0.2) is 0 Å². The number of benzene rings is 1. The zero-order valence-corrected chi connectivity index (χ0v) is 11.0. The molecule has 0 heterocycles. The van der Waals surface area contributed by atoms with Crippen LogP contribution in [0.15, 0.2) is 30.4 Å². The lowest BCUT2D eigenvalue weighted by Crippen LogP contribution is -2.26. The Morgan fingerprint density at radius 2 is 1.82 bits per heavy atom. The number of nitrogens with zero attached hydrogens (tertiary/aromatic N) is 1. The molecule has 1 aliphatic carbocycles. The molecule has 0 fully saturated rings. The van der Waals surface area contributed by atoms with Crippen LogP contribution in [0.2, 0.25) is 0 Å². The molecule has 0 saturated carbocycles. The van der Waals surface area contributed by atoms with Crippen molar-refractivity contribution in [2.45, 2.75) is 26.3 Å². The van der Waals surface area contributed by atoms with Gasteiger partial charge in [-0.1, -0.05) is 18.2 Å². The van der Waals surface area contributed by atoms with Gasteiger partial charge in [-0.2, -0.15) is 0 Å². The first-order valence-corrected chi connectivity index (χ1v) is 6.28. The predicted molar refractivity (Wildman–Crippen MR) is 74.4 cm³/mol. The summed E-state index contributed by atoms with van der Waals surface area (Å²) in [5.74, 6) is 0.593. The highest BCUT2D eigenvalue weighted by molar-refractivity contribution is 5.50. The summed E-state index contributed by atoms with van der Waals surface area (Å²) >= 11 is 0. The predicted octanol–water partition coefficient (Wildman–Crippen LogP) is 2.64. The zero-order chi connectivity index (χ0) is 12.4. The van der Waals surface area contributed by atoms with Gasteiger partial charge in [-0.15, -0.1) is 0 Å². The lowest BCUT2D eigenvalue weighted by atomic mass is 10.1. The van der Waals surface area contributed by atoms with Gasteiger partial charge < -0.3 is 10.6 Å². The molecule has 1 aliphatic rings. The van der Waals surface area contributed by atoms with Crippen molar-refractivity contribution in [2.75, 3.05) is 18.5 Å². The molecule has 2 unspecified atom stereocenters. The van der Waals surface area contributed by atoms with E-state index in [-0.39, 0.29) is 6.04 Å². The van der Waals surface area contributed by atoms with Crippen LogP contribution < -0.4 is 10.6 Å². The maximum Gasteiger partial charge on any atom is 0.0369 e. The van der Waals surface area contributed by atoms with Crippen LogP contribution >= 0.6 is 0 Å². The lowest BCUT2D eigenvalue weighted by Gasteiger charge is -2.23. The fraction of sp³-hybridized carbons (Fsp3) is 0.467. The molecule has 0 spiro atoms. The number of hydrogen-bond donors (Lipinski definition) is 1. The summed E-state index contributed by atoms with van der Waals surface area (Å²) in [4.78, 5) is 2.33. The molecule has 1 aromatic carbocycles. The van der Waals surface area contributed by atoms with E-state index in [0.717, 1.165) is 13.0 Å². The maximum atomic E-state index is 5.88. The Morgan fingerprint density at radius 3 is 2.35 bits per heavy atom. The molecule has 0 aromatic heterocycles. The number of hydrogen-bond acceptors (Lipinski definition) is 2. The summed E-state index contributed by atoms with van der Waals surface area (Å²) in [7, 11) is 2.16. The van der Waals surface area contributed by atoms with Gasteiger partial charge in [0.2, 0.25) is 0 Å². The van der Waals surface area contributed by atoms with Crippen molar-refractivity contribution in [3.8, 4) is 0 Å². The minimum atomic E-state index is 0.257. The second-order valence-corrected chi connectivity index (χ2v) is 5.27. The first-order valence-electron chi connectivity index (χ1n) is 6.28. The molecule has 2 rings (SSSR count). The summed E-state index contributed by atoms with van der Waals surface area (Å²) in [5.41, 5.74) is 9.83. The topological polar surface area (TPSA) is 29.3 Å². The second-order valence-electron chi connectivity index (χ2n) is 5.27.